The third-order valence-corrected chi connectivity index (χ3v) is 3.71. The zero-order valence-electron chi connectivity index (χ0n) is 10.5. The number of nitrogens with one attached hydrogen (secondary N) is 1. The van der Waals surface area contributed by atoms with E-state index in [1.165, 1.54) is 10.9 Å². The Kier molecular flexibility index (Phi) is 4.75. The summed E-state index contributed by atoms with van der Waals surface area (Å²) in [6, 6.07) is -0.351. The Morgan fingerprint density at radius 2 is 2.17 bits per heavy atom. The minimum absolute atomic E-state index is 0.0206. The van der Waals surface area contributed by atoms with E-state index < -0.39 is 15.4 Å². The molecule has 0 radical (unpaired) electrons. The van der Waals surface area contributed by atoms with Crippen LogP contribution in [0.15, 0.2) is 11.0 Å². The number of anilines is 1. The number of nitrogens with zero attached hydrogens (tertiary/aromatic N) is 2. The zero-order valence-corrected chi connectivity index (χ0v) is 12.0. The van der Waals surface area contributed by atoms with E-state index in [0.29, 0.717) is 12.2 Å². The van der Waals surface area contributed by atoms with Crippen molar-refractivity contribution < 1.29 is 8.42 Å². The van der Waals surface area contributed by atoms with Crippen LogP contribution in [0.3, 0.4) is 0 Å². The first-order chi connectivity index (χ1) is 8.24. The molecule has 0 spiro atoms. The first-order valence-electron chi connectivity index (χ1n) is 5.44. The van der Waals surface area contributed by atoms with Gasteiger partial charge in [0.15, 0.2) is 0 Å². The first-order valence-corrected chi connectivity index (χ1v) is 7.88. The Morgan fingerprint density at radius 1 is 1.56 bits per heavy atom. The molecule has 0 bridgehead atoms. The molecular weight excluding hydrogens is 278 g/mol. The predicted octanol–water partition coefficient (Wildman–Crippen LogP) is 0.762. The summed E-state index contributed by atoms with van der Waals surface area (Å²) in [5.41, 5.74) is -0.0433. The fourth-order valence-electron chi connectivity index (χ4n) is 1.55. The van der Waals surface area contributed by atoms with Gasteiger partial charge in [0.2, 0.25) is 0 Å². The molecule has 1 aromatic rings. The smallest absolute Gasteiger partial charge is 0.287 e. The van der Waals surface area contributed by atoms with Gasteiger partial charge in [0.25, 0.3) is 5.56 Å². The highest BCUT2D eigenvalue weighted by Gasteiger charge is 2.14. The van der Waals surface area contributed by atoms with Crippen LogP contribution < -0.4 is 10.9 Å². The Morgan fingerprint density at radius 3 is 2.67 bits per heavy atom. The molecule has 1 atom stereocenters. The molecule has 1 unspecified atom stereocenters. The van der Waals surface area contributed by atoms with Gasteiger partial charge < -0.3 is 5.32 Å². The molecule has 0 fully saturated rings. The molecule has 0 saturated carbocycles. The molecule has 1 N–H and O–H groups in total. The lowest BCUT2D eigenvalue weighted by Gasteiger charge is -2.15. The lowest BCUT2D eigenvalue weighted by Crippen LogP contribution is -2.28. The second-order valence-corrected chi connectivity index (χ2v) is 6.69. The molecule has 0 aliphatic rings. The van der Waals surface area contributed by atoms with E-state index in [2.05, 4.69) is 10.4 Å². The van der Waals surface area contributed by atoms with Gasteiger partial charge >= 0.3 is 0 Å². The zero-order chi connectivity index (χ0) is 13.9. The summed E-state index contributed by atoms with van der Waals surface area (Å²) in [4.78, 5) is 11.7. The van der Waals surface area contributed by atoms with Crippen LogP contribution in [0.2, 0.25) is 5.02 Å². The average molecular weight is 294 g/mol. The molecule has 8 heteroatoms. The molecule has 0 amide bonds. The fourth-order valence-corrected chi connectivity index (χ4v) is 2.74. The number of aromatic nitrogens is 2. The molecule has 1 aromatic heterocycles. The van der Waals surface area contributed by atoms with E-state index >= 15 is 0 Å². The maximum absolute atomic E-state index is 11.7. The Hall–Kier alpha value is -1.08. The standard InChI is InChI=1S/C10H16ClN3O3S/c1-4-14-10(15)9(11)8(5-12-14)13-7(2)6-18(3,16)17/h5,7,13H,4,6H2,1-3H3. The summed E-state index contributed by atoms with van der Waals surface area (Å²) >= 11 is 5.91. The molecule has 1 rings (SSSR count). The monoisotopic (exact) mass is 293 g/mol. The van der Waals surface area contributed by atoms with Crippen molar-refractivity contribution >= 4 is 27.1 Å². The molecule has 102 valence electrons. The van der Waals surface area contributed by atoms with Crippen molar-refractivity contribution in [3.8, 4) is 0 Å². The van der Waals surface area contributed by atoms with Gasteiger partial charge in [-0.1, -0.05) is 11.6 Å². The van der Waals surface area contributed by atoms with E-state index in [4.69, 9.17) is 11.6 Å². The van der Waals surface area contributed by atoms with Crippen LogP contribution in [0.25, 0.3) is 0 Å². The first kappa shape index (κ1) is 15.0. The molecule has 6 nitrogen and oxygen atoms in total. The lowest BCUT2D eigenvalue weighted by atomic mass is 10.3. The quantitative estimate of drug-likeness (QED) is 0.867. The number of aryl methyl sites for hydroxylation is 1. The third kappa shape index (κ3) is 3.99. The summed E-state index contributed by atoms with van der Waals surface area (Å²) in [5.74, 6) is -0.0415. The van der Waals surface area contributed by atoms with Crippen molar-refractivity contribution in [1.29, 1.82) is 0 Å². The minimum Gasteiger partial charge on any atom is -0.379 e. The minimum atomic E-state index is -3.09. The molecule has 0 aromatic carbocycles. The van der Waals surface area contributed by atoms with E-state index in [-0.39, 0.29) is 16.8 Å². The lowest BCUT2D eigenvalue weighted by molar-refractivity contribution is 0.597. The SMILES string of the molecule is CCn1ncc(NC(C)CS(C)(=O)=O)c(Cl)c1=O. The van der Waals surface area contributed by atoms with Gasteiger partial charge in [-0.05, 0) is 13.8 Å². The van der Waals surface area contributed by atoms with Gasteiger partial charge in [0.05, 0.1) is 17.6 Å². The van der Waals surface area contributed by atoms with Crippen LogP contribution in [-0.4, -0.2) is 36.2 Å². The van der Waals surface area contributed by atoms with Crippen molar-refractivity contribution in [2.45, 2.75) is 26.4 Å². The Labute approximate surface area is 111 Å². The molecular formula is C10H16ClN3O3S. The van der Waals surface area contributed by atoms with Crippen molar-refractivity contribution in [1.82, 2.24) is 9.78 Å². The normalized spacial score (nSPS) is 13.3. The van der Waals surface area contributed by atoms with Crippen LogP contribution in [0.4, 0.5) is 5.69 Å². The van der Waals surface area contributed by atoms with Gasteiger partial charge in [-0.15, -0.1) is 0 Å². The summed E-state index contributed by atoms with van der Waals surface area (Å²) in [7, 11) is -3.09. The van der Waals surface area contributed by atoms with Gasteiger partial charge in [0.1, 0.15) is 14.9 Å². The molecule has 0 saturated heterocycles. The highest BCUT2D eigenvalue weighted by atomic mass is 35.5. The van der Waals surface area contributed by atoms with Crippen LogP contribution in [0, 0.1) is 0 Å². The Bertz CT molecular complexity index is 583. The van der Waals surface area contributed by atoms with E-state index in [9.17, 15) is 13.2 Å². The third-order valence-electron chi connectivity index (χ3n) is 2.24. The highest BCUT2D eigenvalue weighted by molar-refractivity contribution is 7.90. The fraction of sp³-hybridized carbons (Fsp3) is 0.600. The number of halogens is 1. The molecule has 0 aliphatic carbocycles. The number of rotatable bonds is 5. The molecule has 18 heavy (non-hydrogen) atoms. The maximum atomic E-state index is 11.7. The van der Waals surface area contributed by atoms with E-state index in [0.717, 1.165) is 6.26 Å². The number of sulfone groups is 1. The van der Waals surface area contributed by atoms with Gasteiger partial charge in [-0.3, -0.25) is 4.79 Å². The van der Waals surface area contributed by atoms with Crippen molar-refractivity contribution in [2.75, 3.05) is 17.3 Å². The number of hydrogen-bond donors (Lipinski definition) is 1. The van der Waals surface area contributed by atoms with E-state index in [1.54, 1.807) is 13.8 Å². The van der Waals surface area contributed by atoms with Gasteiger partial charge in [-0.25, -0.2) is 13.1 Å². The van der Waals surface area contributed by atoms with Crippen molar-refractivity contribution in [3.63, 3.8) is 0 Å². The second kappa shape index (κ2) is 5.71. The summed E-state index contributed by atoms with van der Waals surface area (Å²) in [5, 5.41) is 6.81. The largest absolute Gasteiger partial charge is 0.379 e. The maximum Gasteiger partial charge on any atom is 0.287 e. The molecule has 0 aliphatic heterocycles. The topological polar surface area (TPSA) is 81.1 Å². The van der Waals surface area contributed by atoms with Crippen LogP contribution in [0.1, 0.15) is 13.8 Å². The van der Waals surface area contributed by atoms with E-state index in [1.807, 2.05) is 0 Å². The van der Waals surface area contributed by atoms with Crippen molar-refractivity contribution in [2.24, 2.45) is 0 Å². The highest BCUT2D eigenvalue weighted by Crippen LogP contribution is 2.16. The van der Waals surface area contributed by atoms with Crippen molar-refractivity contribution in [3.05, 3.63) is 21.6 Å². The van der Waals surface area contributed by atoms with Gasteiger partial charge in [0, 0.05) is 18.8 Å². The van der Waals surface area contributed by atoms with Crippen LogP contribution >= 0.6 is 11.6 Å². The van der Waals surface area contributed by atoms with Gasteiger partial charge in [-0.2, -0.15) is 5.10 Å². The second-order valence-electron chi connectivity index (χ2n) is 4.13. The molecule has 1 heterocycles. The predicted molar refractivity (Wildman–Crippen MR) is 72.0 cm³/mol. The number of hydrogen-bond acceptors (Lipinski definition) is 5. The summed E-state index contributed by atoms with van der Waals surface area (Å²) in [6.07, 6.45) is 2.58. The van der Waals surface area contributed by atoms with Crippen LogP contribution in [-0.2, 0) is 16.4 Å². The van der Waals surface area contributed by atoms with Crippen LogP contribution in [0.5, 0.6) is 0 Å². The Balaban J connectivity index is 2.93. The average Bonchev–Trinajstić information content (AvgIpc) is 2.22. The summed E-state index contributed by atoms with van der Waals surface area (Å²) < 4.78 is 23.5. The summed E-state index contributed by atoms with van der Waals surface area (Å²) in [6.45, 7) is 3.91.